The molecule has 2 atom stereocenters. The molecule has 0 amide bonds. The highest BCUT2D eigenvalue weighted by atomic mass is 16.8. The monoisotopic (exact) mass is 506 g/mol. The number of hydrogen-bond acceptors (Lipinski definition) is 4. The molecule has 0 aromatic heterocycles. The van der Waals surface area contributed by atoms with E-state index >= 15 is 0 Å². The van der Waals surface area contributed by atoms with Crippen LogP contribution in [-0.4, -0.2) is 28.2 Å². The van der Waals surface area contributed by atoms with E-state index in [4.69, 9.17) is 9.47 Å². The first-order chi connectivity index (χ1) is 18.6. The van der Waals surface area contributed by atoms with E-state index in [1.807, 2.05) is 121 Å². The van der Waals surface area contributed by atoms with Crippen LogP contribution in [0.2, 0.25) is 0 Å². The van der Waals surface area contributed by atoms with E-state index in [1.54, 1.807) is 0 Å². The Labute approximate surface area is 224 Å². The van der Waals surface area contributed by atoms with E-state index in [9.17, 15) is 10.2 Å². The van der Waals surface area contributed by atoms with Crippen molar-refractivity contribution in [3.05, 3.63) is 144 Å². The zero-order chi connectivity index (χ0) is 26.1. The molecule has 4 nitrogen and oxygen atoms in total. The average molecular weight is 507 g/mol. The van der Waals surface area contributed by atoms with Gasteiger partial charge in [-0.2, -0.15) is 0 Å². The summed E-state index contributed by atoms with van der Waals surface area (Å²) < 4.78 is 13.9. The third-order valence-electron chi connectivity index (χ3n) is 8.25. The molecule has 1 spiro atoms. The summed E-state index contributed by atoms with van der Waals surface area (Å²) in [5.41, 5.74) is -0.373. The molecule has 4 aromatic carbocycles. The Hall–Kier alpha value is -3.28. The van der Waals surface area contributed by atoms with Crippen molar-refractivity contribution in [2.45, 2.75) is 61.3 Å². The fraction of sp³-hybridized carbons (Fsp3) is 0.294. The zero-order valence-corrected chi connectivity index (χ0v) is 21.4. The van der Waals surface area contributed by atoms with Gasteiger partial charge in [-0.05, 0) is 35.1 Å². The molecule has 1 saturated carbocycles. The first kappa shape index (κ1) is 25.0. The van der Waals surface area contributed by atoms with Crippen molar-refractivity contribution in [1.29, 1.82) is 0 Å². The Kier molecular flexibility index (Phi) is 6.67. The molecule has 2 N–H and O–H groups in total. The molecule has 4 aromatic rings. The molecule has 0 bridgehead atoms. The predicted molar refractivity (Wildman–Crippen MR) is 147 cm³/mol. The van der Waals surface area contributed by atoms with Crippen molar-refractivity contribution >= 4 is 0 Å². The van der Waals surface area contributed by atoms with Gasteiger partial charge in [0.1, 0.15) is 23.4 Å². The zero-order valence-electron chi connectivity index (χ0n) is 21.4. The largest absolute Gasteiger partial charge is 0.378 e. The first-order valence-electron chi connectivity index (χ1n) is 13.6. The lowest BCUT2D eigenvalue weighted by Gasteiger charge is -2.42. The normalized spacial score (nSPS) is 21.4. The molecule has 194 valence electrons. The highest BCUT2D eigenvalue weighted by molar-refractivity contribution is 5.43. The summed E-state index contributed by atoms with van der Waals surface area (Å²) in [7, 11) is 0. The predicted octanol–water partition coefficient (Wildman–Crippen LogP) is 6.30. The maximum atomic E-state index is 12.9. The van der Waals surface area contributed by atoms with Gasteiger partial charge in [-0.25, -0.2) is 0 Å². The van der Waals surface area contributed by atoms with Gasteiger partial charge in [-0.3, -0.25) is 0 Å². The van der Waals surface area contributed by atoms with E-state index in [2.05, 4.69) is 0 Å². The van der Waals surface area contributed by atoms with Crippen LogP contribution in [0.5, 0.6) is 0 Å². The molecule has 6 rings (SSSR count). The number of benzene rings is 4. The van der Waals surface area contributed by atoms with Crippen molar-refractivity contribution in [3.63, 3.8) is 0 Å². The molecule has 1 aliphatic heterocycles. The highest BCUT2D eigenvalue weighted by Gasteiger charge is 2.63. The average Bonchev–Trinajstić information content (AvgIpc) is 3.37. The quantitative estimate of drug-likeness (QED) is 0.322. The van der Waals surface area contributed by atoms with Crippen molar-refractivity contribution in [2.75, 3.05) is 0 Å². The van der Waals surface area contributed by atoms with E-state index in [0.29, 0.717) is 22.3 Å². The lowest BCUT2D eigenvalue weighted by molar-refractivity contribution is -0.213. The van der Waals surface area contributed by atoms with Crippen LogP contribution in [0.4, 0.5) is 0 Å². The van der Waals surface area contributed by atoms with Gasteiger partial charge in [0.25, 0.3) is 0 Å². The van der Waals surface area contributed by atoms with Crippen molar-refractivity contribution in [1.82, 2.24) is 0 Å². The minimum absolute atomic E-state index is 0.695. The summed E-state index contributed by atoms with van der Waals surface area (Å²) >= 11 is 0. The molecule has 38 heavy (non-hydrogen) atoms. The Balaban J connectivity index is 1.59. The maximum Gasteiger partial charge on any atom is 0.169 e. The van der Waals surface area contributed by atoms with Gasteiger partial charge in [0.2, 0.25) is 0 Å². The number of ether oxygens (including phenoxy) is 2. The molecular formula is C34H34O4. The Morgan fingerprint density at radius 3 is 1.05 bits per heavy atom. The lowest BCUT2D eigenvalue weighted by Crippen LogP contribution is -2.54. The molecule has 0 unspecified atom stereocenters. The van der Waals surface area contributed by atoms with Gasteiger partial charge < -0.3 is 19.7 Å². The molecule has 2 aliphatic rings. The summed E-state index contributed by atoms with van der Waals surface area (Å²) in [5.74, 6) is -0.872. The van der Waals surface area contributed by atoms with Gasteiger partial charge in [-0.1, -0.05) is 128 Å². The lowest BCUT2D eigenvalue weighted by atomic mass is 9.72. The second kappa shape index (κ2) is 10.1. The summed E-state index contributed by atoms with van der Waals surface area (Å²) in [5, 5.41) is 25.8. The van der Waals surface area contributed by atoms with Crippen LogP contribution in [-0.2, 0) is 20.7 Å². The van der Waals surface area contributed by atoms with Crippen LogP contribution in [0, 0.1) is 0 Å². The van der Waals surface area contributed by atoms with Crippen molar-refractivity contribution in [2.24, 2.45) is 0 Å². The standard InChI is InChI=1S/C34H34O4/c35-33(26-16-6-1-7-17-26,27-18-8-2-9-19-27)30-31(38-32(37-30)24-14-5-15-25-32)34(36,28-20-10-3-11-21-28)29-22-12-4-13-23-29/h1-4,6-13,16-23,30-31,35-36H,5,14-15,24-25H2/t30-,31-/m0/s1. The topological polar surface area (TPSA) is 58.9 Å². The van der Waals surface area contributed by atoms with Crippen LogP contribution in [0.3, 0.4) is 0 Å². The van der Waals surface area contributed by atoms with Gasteiger partial charge in [0.15, 0.2) is 5.79 Å². The van der Waals surface area contributed by atoms with Crippen LogP contribution < -0.4 is 0 Å². The highest BCUT2D eigenvalue weighted by Crippen LogP contribution is 2.53. The van der Waals surface area contributed by atoms with Gasteiger partial charge in [-0.15, -0.1) is 0 Å². The van der Waals surface area contributed by atoms with Gasteiger partial charge in [0, 0.05) is 12.8 Å². The van der Waals surface area contributed by atoms with Gasteiger partial charge >= 0.3 is 0 Å². The van der Waals surface area contributed by atoms with Crippen molar-refractivity contribution < 1.29 is 19.7 Å². The maximum absolute atomic E-state index is 12.9. The van der Waals surface area contributed by atoms with E-state index in [1.165, 1.54) is 0 Å². The fourth-order valence-electron chi connectivity index (χ4n) is 6.31. The van der Waals surface area contributed by atoms with Gasteiger partial charge in [0.05, 0.1) is 0 Å². The minimum atomic E-state index is -1.58. The third kappa shape index (κ3) is 4.18. The van der Waals surface area contributed by atoms with E-state index in [-0.39, 0.29) is 0 Å². The number of aliphatic hydroxyl groups is 2. The van der Waals surface area contributed by atoms with Crippen molar-refractivity contribution in [3.8, 4) is 0 Å². The van der Waals surface area contributed by atoms with Crippen LogP contribution in [0.1, 0.15) is 54.4 Å². The Bertz CT molecular complexity index is 1140. The van der Waals surface area contributed by atoms with E-state index in [0.717, 1.165) is 32.1 Å². The summed E-state index contributed by atoms with van der Waals surface area (Å²) in [4.78, 5) is 0. The molecule has 4 heteroatoms. The second-order valence-electron chi connectivity index (χ2n) is 10.5. The Morgan fingerprint density at radius 2 is 0.763 bits per heavy atom. The van der Waals surface area contributed by atoms with E-state index < -0.39 is 29.2 Å². The molecule has 1 saturated heterocycles. The van der Waals surface area contributed by atoms with Crippen LogP contribution in [0.25, 0.3) is 0 Å². The number of rotatable bonds is 6. The smallest absolute Gasteiger partial charge is 0.169 e. The molecular weight excluding hydrogens is 472 g/mol. The molecule has 2 fully saturated rings. The summed E-state index contributed by atoms with van der Waals surface area (Å²) in [6.07, 6.45) is 2.73. The third-order valence-corrected chi connectivity index (χ3v) is 8.25. The summed E-state index contributed by atoms with van der Waals surface area (Å²) in [6, 6.07) is 38.5. The molecule has 1 heterocycles. The fourth-order valence-corrected chi connectivity index (χ4v) is 6.31. The number of hydrogen-bond donors (Lipinski definition) is 2. The minimum Gasteiger partial charge on any atom is -0.378 e. The van der Waals surface area contributed by atoms with Crippen LogP contribution >= 0.6 is 0 Å². The molecule has 1 aliphatic carbocycles. The first-order valence-corrected chi connectivity index (χ1v) is 13.6. The molecule has 0 radical (unpaired) electrons. The van der Waals surface area contributed by atoms with Crippen LogP contribution in [0.15, 0.2) is 121 Å². The SMILES string of the molecule is OC(c1ccccc1)(c1ccccc1)[C@H]1OC2(CCCCC2)O[C@@H]1C(O)(c1ccccc1)c1ccccc1. The second-order valence-corrected chi connectivity index (χ2v) is 10.5. The summed E-state index contributed by atoms with van der Waals surface area (Å²) in [6.45, 7) is 0. The Morgan fingerprint density at radius 1 is 0.474 bits per heavy atom.